The Kier molecular flexibility index (Phi) is 4.88. The van der Waals surface area contributed by atoms with Gasteiger partial charge in [-0.2, -0.15) is 0 Å². The smallest absolute Gasteiger partial charge is 0.260 e. The van der Waals surface area contributed by atoms with Crippen molar-refractivity contribution in [3.05, 3.63) is 106 Å². The maximum atomic E-state index is 13.2. The average molecular weight is 428 g/mol. The fourth-order valence-corrected chi connectivity index (χ4v) is 4.13. The first-order valence-corrected chi connectivity index (χ1v) is 10.3. The molecule has 1 aliphatic carbocycles. The second kappa shape index (κ2) is 7.85. The van der Waals surface area contributed by atoms with Crippen LogP contribution in [0.3, 0.4) is 0 Å². The standard InChI is InChI=1S/C25H18ClN3O2/c26-16-10-11-18-17(14-16)23(15-6-2-1-3-7-15)24(25(31)29-18)21(30)12-13-22-27-19-8-4-5-9-20(19)28-22/h1-14,19-20H,(H,27,28)(H,29,31)/b13-12+/t19-,20-/m1/s1. The number of aromatic nitrogens is 1. The molecule has 0 bridgehead atoms. The lowest BCUT2D eigenvalue weighted by Gasteiger charge is -2.13. The molecule has 0 saturated heterocycles. The maximum absolute atomic E-state index is 13.2. The van der Waals surface area contributed by atoms with E-state index in [0.717, 1.165) is 5.56 Å². The van der Waals surface area contributed by atoms with Gasteiger partial charge in [-0.1, -0.05) is 66.2 Å². The third-order valence-electron chi connectivity index (χ3n) is 5.39. The van der Waals surface area contributed by atoms with E-state index in [1.54, 1.807) is 24.3 Å². The number of pyridine rings is 1. The number of carbonyl (C=O) groups is 1. The number of aromatic amines is 1. The summed E-state index contributed by atoms with van der Waals surface area (Å²) in [5.74, 6) is 0.216. The summed E-state index contributed by atoms with van der Waals surface area (Å²) in [4.78, 5) is 33.5. The number of aliphatic imine (C=N–C) groups is 1. The molecule has 0 radical (unpaired) electrons. The van der Waals surface area contributed by atoms with Gasteiger partial charge in [0.1, 0.15) is 5.84 Å². The second-order valence-electron chi connectivity index (χ2n) is 7.40. The fourth-order valence-electron chi connectivity index (χ4n) is 3.96. The molecule has 5 rings (SSSR count). The monoisotopic (exact) mass is 427 g/mol. The highest BCUT2D eigenvalue weighted by Crippen LogP contribution is 2.31. The molecule has 1 aliphatic heterocycles. The summed E-state index contributed by atoms with van der Waals surface area (Å²) in [6, 6.07) is 14.7. The molecule has 2 aliphatic rings. The van der Waals surface area contributed by atoms with E-state index in [-0.39, 0.29) is 17.6 Å². The summed E-state index contributed by atoms with van der Waals surface area (Å²) in [7, 11) is 0. The summed E-state index contributed by atoms with van der Waals surface area (Å²) < 4.78 is 0. The number of amidine groups is 1. The van der Waals surface area contributed by atoms with Crippen LogP contribution >= 0.6 is 11.6 Å². The average Bonchev–Trinajstić information content (AvgIpc) is 3.20. The van der Waals surface area contributed by atoms with Crippen molar-refractivity contribution in [3.63, 3.8) is 0 Å². The number of nitrogens with one attached hydrogen (secondary N) is 2. The van der Waals surface area contributed by atoms with Crippen molar-refractivity contribution in [2.75, 3.05) is 0 Å². The first-order chi connectivity index (χ1) is 15.1. The third kappa shape index (κ3) is 3.64. The molecule has 31 heavy (non-hydrogen) atoms. The Hall–Kier alpha value is -3.70. The van der Waals surface area contributed by atoms with E-state index in [1.165, 1.54) is 6.08 Å². The van der Waals surface area contributed by atoms with Gasteiger partial charge in [0.15, 0.2) is 5.78 Å². The summed E-state index contributed by atoms with van der Waals surface area (Å²) in [5.41, 5.74) is 1.60. The molecule has 152 valence electrons. The molecule has 0 fully saturated rings. The van der Waals surface area contributed by atoms with Gasteiger partial charge in [-0.05, 0) is 35.9 Å². The number of hydrogen-bond donors (Lipinski definition) is 2. The van der Waals surface area contributed by atoms with E-state index in [1.807, 2.05) is 54.6 Å². The highest BCUT2D eigenvalue weighted by atomic mass is 35.5. The maximum Gasteiger partial charge on any atom is 0.260 e. The predicted molar refractivity (Wildman–Crippen MR) is 125 cm³/mol. The number of nitrogens with zero attached hydrogens (tertiary/aromatic N) is 1. The molecule has 0 saturated carbocycles. The molecule has 2 heterocycles. The van der Waals surface area contributed by atoms with Crippen LogP contribution in [-0.2, 0) is 0 Å². The highest BCUT2D eigenvalue weighted by Gasteiger charge is 2.25. The second-order valence-corrected chi connectivity index (χ2v) is 7.84. The Morgan fingerprint density at radius 3 is 2.68 bits per heavy atom. The summed E-state index contributed by atoms with van der Waals surface area (Å²) in [5, 5.41) is 4.51. The van der Waals surface area contributed by atoms with Gasteiger partial charge < -0.3 is 10.3 Å². The van der Waals surface area contributed by atoms with E-state index >= 15 is 0 Å². The van der Waals surface area contributed by atoms with Crippen LogP contribution in [0, 0.1) is 0 Å². The number of ketones is 1. The van der Waals surface area contributed by atoms with Gasteiger partial charge in [0.05, 0.1) is 17.6 Å². The van der Waals surface area contributed by atoms with Gasteiger partial charge in [0, 0.05) is 21.5 Å². The molecule has 3 aromatic rings. The van der Waals surface area contributed by atoms with Crippen molar-refractivity contribution in [1.29, 1.82) is 0 Å². The number of halogens is 1. The van der Waals surface area contributed by atoms with Gasteiger partial charge in [0.2, 0.25) is 0 Å². The molecule has 2 atom stereocenters. The zero-order chi connectivity index (χ0) is 21.4. The van der Waals surface area contributed by atoms with Crippen molar-refractivity contribution in [2.45, 2.75) is 12.1 Å². The van der Waals surface area contributed by atoms with Gasteiger partial charge in [-0.25, -0.2) is 0 Å². The molecule has 1 aromatic heterocycles. The first-order valence-electron chi connectivity index (χ1n) is 9.93. The van der Waals surface area contributed by atoms with Crippen molar-refractivity contribution < 1.29 is 4.79 Å². The lowest BCUT2D eigenvalue weighted by molar-refractivity contribution is 0.104. The number of allylic oxidation sites excluding steroid dienone is 3. The van der Waals surface area contributed by atoms with Crippen LogP contribution in [0.2, 0.25) is 5.02 Å². The van der Waals surface area contributed by atoms with Gasteiger partial charge >= 0.3 is 0 Å². The van der Waals surface area contributed by atoms with Gasteiger partial charge in [-0.15, -0.1) is 0 Å². The number of benzene rings is 2. The van der Waals surface area contributed by atoms with E-state index in [9.17, 15) is 9.59 Å². The van der Waals surface area contributed by atoms with E-state index in [4.69, 9.17) is 11.6 Å². The van der Waals surface area contributed by atoms with Crippen molar-refractivity contribution >= 4 is 34.1 Å². The zero-order valence-electron chi connectivity index (χ0n) is 16.4. The molecule has 6 heteroatoms. The van der Waals surface area contributed by atoms with Crippen molar-refractivity contribution in [2.24, 2.45) is 4.99 Å². The van der Waals surface area contributed by atoms with Crippen LogP contribution in [0.5, 0.6) is 0 Å². The summed E-state index contributed by atoms with van der Waals surface area (Å²) in [6.45, 7) is 0. The van der Waals surface area contributed by atoms with Crippen LogP contribution in [0.25, 0.3) is 22.0 Å². The third-order valence-corrected chi connectivity index (χ3v) is 5.62. The molecule has 0 unspecified atom stereocenters. The topological polar surface area (TPSA) is 74.3 Å². The Labute approximate surface area is 183 Å². The van der Waals surface area contributed by atoms with Gasteiger partial charge in [-0.3, -0.25) is 14.6 Å². The molecule has 5 nitrogen and oxygen atoms in total. The zero-order valence-corrected chi connectivity index (χ0v) is 17.1. The van der Waals surface area contributed by atoms with Crippen LogP contribution in [0.15, 0.2) is 94.8 Å². The van der Waals surface area contributed by atoms with Crippen LogP contribution in [-0.4, -0.2) is 28.7 Å². The number of hydrogen-bond acceptors (Lipinski definition) is 4. The molecule has 0 amide bonds. The van der Waals surface area contributed by atoms with Crippen LogP contribution in [0.1, 0.15) is 10.4 Å². The predicted octanol–water partition coefficient (Wildman–Crippen LogP) is 4.45. The quantitative estimate of drug-likeness (QED) is 0.477. The number of carbonyl (C=O) groups excluding carboxylic acids is 1. The minimum atomic E-state index is -0.441. The Bertz CT molecular complexity index is 1370. The lowest BCUT2D eigenvalue weighted by Crippen LogP contribution is -2.32. The normalized spacial score (nSPS) is 19.5. The lowest BCUT2D eigenvalue weighted by atomic mass is 9.94. The van der Waals surface area contributed by atoms with Gasteiger partial charge in [0.25, 0.3) is 5.56 Å². The Morgan fingerprint density at radius 2 is 1.87 bits per heavy atom. The van der Waals surface area contributed by atoms with Crippen LogP contribution in [0.4, 0.5) is 0 Å². The summed E-state index contributed by atoms with van der Waals surface area (Å²) >= 11 is 6.23. The number of H-pyrrole nitrogens is 1. The molecule has 0 spiro atoms. The Balaban J connectivity index is 1.60. The number of fused-ring (bicyclic) bond motifs is 2. The SMILES string of the molecule is O=C(/C=C/C1=N[C@@H]2C=CC=C[C@H]2N1)c1c(-c2ccccc2)c2cc(Cl)ccc2[nH]c1=O. The highest BCUT2D eigenvalue weighted by molar-refractivity contribution is 6.31. The van der Waals surface area contributed by atoms with E-state index < -0.39 is 11.3 Å². The van der Waals surface area contributed by atoms with Crippen LogP contribution < -0.4 is 10.9 Å². The molecular formula is C25H18ClN3O2. The number of rotatable bonds is 4. The largest absolute Gasteiger partial charge is 0.362 e. The first kappa shape index (κ1) is 19.3. The molecule has 2 N–H and O–H groups in total. The summed E-state index contributed by atoms with van der Waals surface area (Å²) in [6.07, 6.45) is 11.0. The molecule has 2 aromatic carbocycles. The molecular weight excluding hydrogens is 410 g/mol. The minimum absolute atomic E-state index is 0.0193. The van der Waals surface area contributed by atoms with Crippen molar-refractivity contribution in [1.82, 2.24) is 10.3 Å². The Morgan fingerprint density at radius 1 is 1.06 bits per heavy atom. The fraction of sp³-hybridized carbons (Fsp3) is 0.0800. The van der Waals surface area contributed by atoms with E-state index in [2.05, 4.69) is 15.3 Å². The van der Waals surface area contributed by atoms with E-state index in [0.29, 0.717) is 27.3 Å². The minimum Gasteiger partial charge on any atom is -0.362 e. The van der Waals surface area contributed by atoms with Crippen molar-refractivity contribution in [3.8, 4) is 11.1 Å².